The predicted octanol–water partition coefficient (Wildman–Crippen LogP) is 4.44. The maximum Gasteiger partial charge on any atom is 0.163 e. The summed E-state index contributed by atoms with van der Waals surface area (Å²) in [5, 5.41) is 1.03. The summed E-state index contributed by atoms with van der Waals surface area (Å²) in [7, 11) is 0. The topological polar surface area (TPSA) is 17.1 Å². The summed E-state index contributed by atoms with van der Waals surface area (Å²) in [6.07, 6.45) is 3.96. The maximum absolute atomic E-state index is 12.0. The Morgan fingerprint density at radius 2 is 1.75 bits per heavy atom. The summed E-state index contributed by atoms with van der Waals surface area (Å²) in [6.45, 7) is 4.03. The van der Waals surface area contributed by atoms with Gasteiger partial charge in [0.2, 0.25) is 0 Å². The number of unbranched alkanes of at least 4 members (excludes halogenated alkanes) is 2. The molecule has 88 valence electrons. The molecular formula is C14H19BrO. The highest BCUT2D eigenvalue weighted by Gasteiger charge is 2.10. The van der Waals surface area contributed by atoms with Crippen molar-refractivity contribution >= 4 is 21.7 Å². The van der Waals surface area contributed by atoms with Crippen LogP contribution in [-0.2, 0) is 0 Å². The second kappa shape index (κ2) is 6.85. The lowest BCUT2D eigenvalue weighted by Crippen LogP contribution is -2.04. The fourth-order valence-corrected chi connectivity index (χ4v) is 2.33. The number of benzene rings is 1. The lowest BCUT2D eigenvalue weighted by Gasteiger charge is -2.08. The molecule has 0 spiro atoms. The summed E-state index contributed by atoms with van der Waals surface area (Å²) in [6, 6.07) is 6.03. The van der Waals surface area contributed by atoms with E-state index in [0.29, 0.717) is 12.2 Å². The number of rotatable bonds is 6. The molecule has 0 radical (unpaired) electrons. The molecule has 1 aromatic carbocycles. The monoisotopic (exact) mass is 282 g/mol. The first kappa shape index (κ1) is 13.4. The predicted molar refractivity (Wildman–Crippen MR) is 72.5 cm³/mol. The van der Waals surface area contributed by atoms with E-state index in [0.717, 1.165) is 41.3 Å². The van der Waals surface area contributed by atoms with Gasteiger partial charge in [0.05, 0.1) is 0 Å². The molecule has 1 rings (SSSR count). The molecular weight excluding hydrogens is 264 g/mol. The number of alkyl halides is 1. The molecule has 1 nitrogen and oxygen atoms in total. The third kappa shape index (κ3) is 3.75. The quantitative estimate of drug-likeness (QED) is 0.428. The molecule has 0 atom stereocenters. The Balaban J connectivity index is 2.59. The molecule has 0 unspecified atom stereocenters. The molecule has 0 N–H and O–H groups in total. The van der Waals surface area contributed by atoms with Gasteiger partial charge in [-0.15, -0.1) is 0 Å². The molecule has 16 heavy (non-hydrogen) atoms. The molecule has 0 aliphatic carbocycles. The Kier molecular flexibility index (Phi) is 5.75. The van der Waals surface area contributed by atoms with Crippen molar-refractivity contribution in [2.45, 2.75) is 39.5 Å². The van der Waals surface area contributed by atoms with Gasteiger partial charge in [0.1, 0.15) is 0 Å². The third-order valence-corrected chi connectivity index (χ3v) is 3.36. The molecule has 0 saturated heterocycles. The van der Waals surface area contributed by atoms with Crippen molar-refractivity contribution in [3.8, 4) is 0 Å². The van der Waals surface area contributed by atoms with Gasteiger partial charge >= 0.3 is 0 Å². The summed E-state index contributed by atoms with van der Waals surface area (Å²) >= 11 is 3.40. The highest BCUT2D eigenvalue weighted by Crippen LogP contribution is 2.17. The molecule has 0 fully saturated rings. The van der Waals surface area contributed by atoms with Crippen LogP contribution in [0, 0.1) is 13.8 Å². The van der Waals surface area contributed by atoms with Crippen molar-refractivity contribution in [1.82, 2.24) is 0 Å². The Morgan fingerprint density at radius 1 is 1.12 bits per heavy atom. The average Bonchev–Trinajstić information content (AvgIpc) is 2.24. The first-order valence-corrected chi connectivity index (χ1v) is 6.94. The SMILES string of the molecule is Cc1cccc(C)c1C(=O)CCCCCBr. The molecule has 0 aromatic heterocycles. The Bertz CT molecular complexity index is 338. The van der Waals surface area contributed by atoms with E-state index in [9.17, 15) is 4.79 Å². The van der Waals surface area contributed by atoms with Crippen molar-refractivity contribution < 1.29 is 4.79 Å². The zero-order chi connectivity index (χ0) is 12.0. The maximum atomic E-state index is 12.0. The van der Waals surface area contributed by atoms with Gasteiger partial charge < -0.3 is 0 Å². The molecule has 0 aliphatic rings. The second-order valence-electron chi connectivity index (χ2n) is 4.19. The minimum Gasteiger partial charge on any atom is -0.294 e. The average molecular weight is 283 g/mol. The van der Waals surface area contributed by atoms with E-state index in [2.05, 4.69) is 15.9 Å². The molecule has 0 bridgehead atoms. The highest BCUT2D eigenvalue weighted by atomic mass is 79.9. The Hall–Kier alpha value is -0.630. The van der Waals surface area contributed by atoms with Gasteiger partial charge in [-0.2, -0.15) is 0 Å². The molecule has 0 saturated carbocycles. The van der Waals surface area contributed by atoms with Crippen LogP contribution in [0.25, 0.3) is 0 Å². The van der Waals surface area contributed by atoms with Crippen molar-refractivity contribution in [3.05, 3.63) is 34.9 Å². The Morgan fingerprint density at radius 3 is 2.31 bits per heavy atom. The number of aryl methyl sites for hydroxylation is 2. The van der Waals surface area contributed by atoms with Crippen molar-refractivity contribution in [1.29, 1.82) is 0 Å². The van der Waals surface area contributed by atoms with E-state index in [-0.39, 0.29) is 0 Å². The first-order valence-electron chi connectivity index (χ1n) is 5.82. The van der Waals surface area contributed by atoms with Crippen molar-refractivity contribution in [2.75, 3.05) is 5.33 Å². The van der Waals surface area contributed by atoms with Crippen molar-refractivity contribution in [3.63, 3.8) is 0 Å². The van der Waals surface area contributed by atoms with E-state index in [1.807, 2.05) is 32.0 Å². The van der Waals surface area contributed by atoms with E-state index in [1.54, 1.807) is 0 Å². The van der Waals surface area contributed by atoms with Crippen LogP contribution in [0.4, 0.5) is 0 Å². The molecule has 0 aliphatic heterocycles. The van der Waals surface area contributed by atoms with Crippen LogP contribution in [-0.4, -0.2) is 11.1 Å². The van der Waals surface area contributed by atoms with Gasteiger partial charge in [-0.1, -0.05) is 40.5 Å². The minimum atomic E-state index is 0.296. The number of hydrogen-bond donors (Lipinski definition) is 0. The van der Waals surface area contributed by atoms with Gasteiger partial charge in [-0.25, -0.2) is 0 Å². The molecule has 0 heterocycles. The number of carbonyl (C=O) groups excluding carboxylic acids is 1. The number of halogens is 1. The van der Waals surface area contributed by atoms with E-state index in [4.69, 9.17) is 0 Å². The standard InChI is InChI=1S/C14H19BrO/c1-11-7-6-8-12(2)14(11)13(16)9-4-3-5-10-15/h6-8H,3-5,9-10H2,1-2H3. The zero-order valence-corrected chi connectivity index (χ0v) is 11.6. The summed E-state index contributed by atoms with van der Waals surface area (Å²) in [5.74, 6) is 0.296. The Labute approximate surface area is 106 Å². The minimum absolute atomic E-state index is 0.296. The number of Topliss-reactive ketones (excluding diaryl/α,β-unsaturated/α-hetero) is 1. The van der Waals surface area contributed by atoms with Gasteiger partial charge in [0, 0.05) is 17.3 Å². The molecule has 1 aromatic rings. The molecule has 2 heteroatoms. The van der Waals surface area contributed by atoms with Gasteiger partial charge in [-0.3, -0.25) is 4.79 Å². The summed E-state index contributed by atoms with van der Waals surface area (Å²) in [4.78, 5) is 12.0. The summed E-state index contributed by atoms with van der Waals surface area (Å²) in [5.41, 5.74) is 3.14. The number of carbonyl (C=O) groups is 1. The van der Waals surface area contributed by atoms with E-state index < -0.39 is 0 Å². The fourth-order valence-electron chi connectivity index (χ4n) is 1.94. The second-order valence-corrected chi connectivity index (χ2v) is 4.98. The smallest absolute Gasteiger partial charge is 0.163 e. The molecule has 0 amide bonds. The number of hydrogen-bond acceptors (Lipinski definition) is 1. The van der Waals surface area contributed by atoms with E-state index >= 15 is 0 Å². The highest BCUT2D eigenvalue weighted by molar-refractivity contribution is 9.09. The normalized spacial score (nSPS) is 10.4. The summed E-state index contributed by atoms with van der Waals surface area (Å²) < 4.78 is 0. The lowest BCUT2D eigenvalue weighted by molar-refractivity contribution is 0.0978. The van der Waals surface area contributed by atoms with E-state index in [1.165, 1.54) is 0 Å². The van der Waals surface area contributed by atoms with Crippen LogP contribution in [0.15, 0.2) is 18.2 Å². The van der Waals surface area contributed by atoms with Gasteiger partial charge in [0.15, 0.2) is 5.78 Å². The largest absolute Gasteiger partial charge is 0.294 e. The zero-order valence-electron chi connectivity index (χ0n) is 10.1. The third-order valence-electron chi connectivity index (χ3n) is 2.80. The van der Waals surface area contributed by atoms with Crippen LogP contribution >= 0.6 is 15.9 Å². The van der Waals surface area contributed by atoms with Gasteiger partial charge in [-0.05, 0) is 37.8 Å². The van der Waals surface area contributed by atoms with Gasteiger partial charge in [0.25, 0.3) is 0 Å². The first-order chi connectivity index (χ1) is 7.66. The lowest BCUT2D eigenvalue weighted by atomic mass is 9.96. The van der Waals surface area contributed by atoms with Crippen molar-refractivity contribution in [2.24, 2.45) is 0 Å². The van der Waals surface area contributed by atoms with Crippen LogP contribution in [0.2, 0.25) is 0 Å². The van der Waals surface area contributed by atoms with Crippen LogP contribution in [0.5, 0.6) is 0 Å². The van der Waals surface area contributed by atoms with Crippen LogP contribution < -0.4 is 0 Å². The number of ketones is 1. The van der Waals surface area contributed by atoms with Crippen LogP contribution in [0.1, 0.15) is 47.2 Å². The fraction of sp³-hybridized carbons (Fsp3) is 0.500. The van der Waals surface area contributed by atoms with Crippen LogP contribution in [0.3, 0.4) is 0 Å².